The molecule has 2 heterocycles. The number of hydrogen-bond donors (Lipinski definition) is 0. The number of sulfone groups is 1. The van der Waals surface area contributed by atoms with Gasteiger partial charge in [-0.3, -0.25) is 4.79 Å². The second-order valence-electron chi connectivity index (χ2n) is 6.45. The minimum absolute atomic E-state index is 0.00433. The molecule has 0 radical (unpaired) electrons. The highest BCUT2D eigenvalue weighted by molar-refractivity contribution is 7.91. The lowest BCUT2D eigenvalue weighted by Crippen LogP contribution is -2.39. The van der Waals surface area contributed by atoms with Crippen molar-refractivity contribution in [3.8, 4) is 5.75 Å². The number of furan rings is 1. The molecule has 0 saturated carbocycles. The molecule has 0 aliphatic carbocycles. The van der Waals surface area contributed by atoms with Crippen LogP contribution in [0.3, 0.4) is 0 Å². The van der Waals surface area contributed by atoms with E-state index in [-0.39, 0.29) is 23.5 Å². The predicted molar refractivity (Wildman–Crippen MR) is 103 cm³/mol. The van der Waals surface area contributed by atoms with E-state index >= 15 is 0 Å². The van der Waals surface area contributed by atoms with Gasteiger partial charge in [-0.15, -0.1) is 0 Å². The summed E-state index contributed by atoms with van der Waals surface area (Å²) in [6.07, 6.45) is 5.01. The Morgan fingerprint density at radius 2 is 2.07 bits per heavy atom. The van der Waals surface area contributed by atoms with Crippen LogP contribution in [0.1, 0.15) is 24.7 Å². The molecule has 2 aromatic rings. The molecule has 0 bridgehead atoms. The van der Waals surface area contributed by atoms with E-state index in [9.17, 15) is 13.2 Å². The molecular weight excluding hydrogens is 366 g/mol. The third-order valence-corrected chi connectivity index (χ3v) is 6.20. The standard InChI is InChI=1S/C20H23NO5S/c1-2-25-19-7-5-16(6-8-19)14-21(17-11-13-27(23,24)15-17)20(22)10-9-18-4-3-12-26-18/h3-10,12,17H,2,11,13-15H2,1H3/b10-9+/t17-/m0/s1. The van der Waals surface area contributed by atoms with E-state index in [4.69, 9.17) is 9.15 Å². The minimum atomic E-state index is -3.09. The SMILES string of the molecule is CCOc1ccc(CN(C(=O)/C=C/c2ccco2)[C@H]2CCS(=O)(=O)C2)cc1. The first-order valence-electron chi connectivity index (χ1n) is 8.91. The number of carbonyl (C=O) groups is 1. The van der Waals surface area contributed by atoms with Crippen LogP contribution in [0.2, 0.25) is 0 Å². The molecule has 27 heavy (non-hydrogen) atoms. The van der Waals surface area contributed by atoms with Crippen molar-refractivity contribution < 1.29 is 22.4 Å². The topological polar surface area (TPSA) is 76.8 Å². The van der Waals surface area contributed by atoms with Crippen LogP contribution >= 0.6 is 0 Å². The van der Waals surface area contributed by atoms with Crippen molar-refractivity contribution in [2.75, 3.05) is 18.1 Å². The van der Waals surface area contributed by atoms with Crippen LogP contribution < -0.4 is 4.74 Å². The summed E-state index contributed by atoms with van der Waals surface area (Å²) in [6, 6.07) is 10.7. The van der Waals surface area contributed by atoms with Crippen LogP contribution in [0, 0.1) is 0 Å². The maximum atomic E-state index is 12.8. The number of rotatable bonds is 7. The van der Waals surface area contributed by atoms with Crippen LogP contribution in [0.25, 0.3) is 6.08 Å². The minimum Gasteiger partial charge on any atom is -0.494 e. The molecule has 1 atom stereocenters. The van der Waals surface area contributed by atoms with Gasteiger partial charge in [0.15, 0.2) is 9.84 Å². The van der Waals surface area contributed by atoms with Gasteiger partial charge in [0.2, 0.25) is 5.91 Å². The highest BCUT2D eigenvalue weighted by Crippen LogP contribution is 2.22. The molecule has 3 rings (SSSR count). The van der Waals surface area contributed by atoms with Gasteiger partial charge >= 0.3 is 0 Å². The number of ether oxygens (including phenoxy) is 1. The normalized spacial score (nSPS) is 18.6. The monoisotopic (exact) mass is 389 g/mol. The van der Waals surface area contributed by atoms with E-state index in [1.54, 1.807) is 23.1 Å². The van der Waals surface area contributed by atoms with E-state index in [0.717, 1.165) is 11.3 Å². The zero-order valence-corrected chi connectivity index (χ0v) is 16.0. The highest BCUT2D eigenvalue weighted by atomic mass is 32.2. The summed E-state index contributed by atoms with van der Waals surface area (Å²) in [5.41, 5.74) is 0.919. The predicted octanol–water partition coefficient (Wildman–Crippen LogP) is 2.91. The third kappa shape index (κ3) is 5.23. The molecule has 1 amide bonds. The fourth-order valence-corrected chi connectivity index (χ4v) is 4.83. The number of benzene rings is 1. The van der Waals surface area contributed by atoms with Gasteiger partial charge in [0.25, 0.3) is 0 Å². The molecule has 1 aromatic heterocycles. The Bertz CT molecular complexity index is 885. The number of hydrogen-bond acceptors (Lipinski definition) is 5. The number of amides is 1. The van der Waals surface area contributed by atoms with Crippen molar-refractivity contribution in [1.29, 1.82) is 0 Å². The van der Waals surface area contributed by atoms with Gasteiger partial charge in [-0.25, -0.2) is 8.42 Å². The van der Waals surface area contributed by atoms with Crippen molar-refractivity contribution in [1.82, 2.24) is 4.90 Å². The van der Waals surface area contributed by atoms with Gasteiger partial charge in [0.05, 0.1) is 24.4 Å². The molecule has 0 unspecified atom stereocenters. The van der Waals surface area contributed by atoms with Gasteiger partial charge in [-0.05, 0) is 49.2 Å². The molecule has 144 valence electrons. The first-order chi connectivity index (χ1) is 13.0. The molecule has 1 saturated heterocycles. The lowest BCUT2D eigenvalue weighted by Gasteiger charge is -2.27. The summed E-state index contributed by atoms with van der Waals surface area (Å²) in [5, 5.41) is 0. The van der Waals surface area contributed by atoms with Crippen molar-refractivity contribution in [3.63, 3.8) is 0 Å². The maximum absolute atomic E-state index is 12.8. The highest BCUT2D eigenvalue weighted by Gasteiger charge is 2.34. The summed E-state index contributed by atoms with van der Waals surface area (Å²) in [7, 11) is -3.09. The first-order valence-corrected chi connectivity index (χ1v) is 10.7. The van der Waals surface area contributed by atoms with Gasteiger partial charge in [0.1, 0.15) is 11.5 Å². The van der Waals surface area contributed by atoms with Crippen molar-refractivity contribution >= 4 is 21.8 Å². The molecule has 6 nitrogen and oxygen atoms in total. The summed E-state index contributed by atoms with van der Waals surface area (Å²) in [6.45, 7) is 2.84. The van der Waals surface area contributed by atoms with E-state index < -0.39 is 9.84 Å². The molecule has 1 fully saturated rings. The van der Waals surface area contributed by atoms with Gasteiger partial charge in [0, 0.05) is 18.7 Å². The summed E-state index contributed by atoms with van der Waals surface area (Å²) in [5.74, 6) is 1.22. The van der Waals surface area contributed by atoms with Gasteiger partial charge in [-0.2, -0.15) is 0 Å². The Labute approximate surface area is 159 Å². The van der Waals surface area contributed by atoms with E-state index in [0.29, 0.717) is 25.3 Å². The van der Waals surface area contributed by atoms with Crippen LogP contribution in [0.4, 0.5) is 0 Å². The quantitative estimate of drug-likeness (QED) is 0.681. The van der Waals surface area contributed by atoms with E-state index in [1.165, 1.54) is 12.3 Å². The van der Waals surface area contributed by atoms with E-state index in [2.05, 4.69) is 0 Å². The molecule has 1 aliphatic heterocycles. The van der Waals surface area contributed by atoms with Crippen LogP contribution in [0.15, 0.2) is 53.2 Å². The first kappa shape index (κ1) is 19.2. The summed E-state index contributed by atoms with van der Waals surface area (Å²) in [4.78, 5) is 14.4. The average molecular weight is 389 g/mol. The van der Waals surface area contributed by atoms with Crippen LogP contribution in [-0.4, -0.2) is 43.4 Å². The second-order valence-corrected chi connectivity index (χ2v) is 8.68. The Balaban J connectivity index is 1.77. The smallest absolute Gasteiger partial charge is 0.247 e. The summed E-state index contributed by atoms with van der Waals surface area (Å²) < 4.78 is 34.4. The fraction of sp³-hybridized carbons (Fsp3) is 0.350. The molecule has 1 aromatic carbocycles. The number of nitrogens with zero attached hydrogens (tertiary/aromatic N) is 1. The van der Waals surface area contributed by atoms with Crippen molar-refractivity contribution in [2.24, 2.45) is 0 Å². The number of carbonyl (C=O) groups excluding carboxylic acids is 1. The Morgan fingerprint density at radius 3 is 2.67 bits per heavy atom. The Morgan fingerprint density at radius 1 is 1.30 bits per heavy atom. The Hall–Kier alpha value is -2.54. The van der Waals surface area contributed by atoms with Crippen LogP contribution in [0.5, 0.6) is 5.75 Å². The molecule has 7 heteroatoms. The van der Waals surface area contributed by atoms with Crippen molar-refractivity contribution in [3.05, 3.63) is 60.1 Å². The third-order valence-electron chi connectivity index (χ3n) is 4.45. The zero-order chi connectivity index (χ0) is 19.3. The Kier molecular flexibility index (Phi) is 6.01. The molecule has 0 N–H and O–H groups in total. The maximum Gasteiger partial charge on any atom is 0.247 e. The van der Waals surface area contributed by atoms with Crippen molar-refractivity contribution in [2.45, 2.75) is 25.9 Å². The van der Waals surface area contributed by atoms with Gasteiger partial charge < -0.3 is 14.1 Å². The second kappa shape index (κ2) is 8.43. The van der Waals surface area contributed by atoms with Gasteiger partial charge in [-0.1, -0.05) is 12.1 Å². The lowest BCUT2D eigenvalue weighted by molar-refractivity contribution is -0.128. The van der Waals surface area contributed by atoms with Crippen LogP contribution in [-0.2, 0) is 21.2 Å². The zero-order valence-electron chi connectivity index (χ0n) is 15.2. The van der Waals surface area contributed by atoms with E-state index in [1.807, 2.05) is 31.2 Å². The lowest BCUT2D eigenvalue weighted by atomic mass is 10.1. The molecular formula is C20H23NO5S. The molecule has 1 aliphatic rings. The molecule has 0 spiro atoms. The fourth-order valence-electron chi connectivity index (χ4n) is 3.10. The average Bonchev–Trinajstić information content (AvgIpc) is 3.28. The largest absolute Gasteiger partial charge is 0.494 e. The summed E-state index contributed by atoms with van der Waals surface area (Å²) >= 11 is 0.